The van der Waals surface area contributed by atoms with Gasteiger partial charge >= 0.3 is 6.09 Å². The Morgan fingerprint density at radius 3 is 2.16 bits per heavy atom. The summed E-state index contributed by atoms with van der Waals surface area (Å²) < 4.78 is 16.1. The van der Waals surface area contributed by atoms with E-state index in [1.807, 2.05) is 19.1 Å². The summed E-state index contributed by atoms with van der Waals surface area (Å²) in [6, 6.07) is 7.19. The van der Waals surface area contributed by atoms with Gasteiger partial charge in [-0.1, -0.05) is 0 Å². The van der Waals surface area contributed by atoms with Crippen LogP contribution >= 0.6 is 0 Å². The van der Waals surface area contributed by atoms with E-state index in [1.165, 1.54) is 0 Å². The molecule has 3 amide bonds. The average Bonchev–Trinajstić information content (AvgIpc) is 2.75. The van der Waals surface area contributed by atoms with Gasteiger partial charge in [-0.05, 0) is 70.7 Å². The summed E-state index contributed by atoms with van der Waals surface area (Å²) in [6.45, 7) is 9.43. The van der Waals surface area contributed by atoms with Crippen LogP contribution in [0.15, 0.2) is 24.3 Å². The molecule has 1 aromatic rings. The highest BCUT2D eigenvalue weighted by Gasteiger charge is 2.23. The number of piperidine rings is 1. The van der Waals surface area contributed by atoms with E-state index in [0.29, 0.717) is 32.0 Å². The second kappa shape index (κ2) is 12.2. The molecule has 178 valence electrons. The molecule has 0 aliphatic carbocycles. The second-order valence-electron chi connectivity index (χ2n) is 8.68. The zero-order valence-corrected chi connectivity index (χ0v) is 19.4. The van der Waals surface area contributed by atoms with Crippen molar-refractivity contribution in [3.8, 4) is 11.5 Å². The molecule has 1 heterocycles. The van der Waals surface area contributed by atoms with Gasteiger partial charge < -0.3 is 29.7 Å². The van der Waals surface area contributed by atoms with Gasteiger partial charge in [-0.2, -0.15) is 0 Å². The van der Waals surface area contributed by atoms with Gasteiger partial charge in [-0.25, -0.2) is 4.79 Å². The first-order valence-electron chi connectivity index (χ1n) is 11.0. The third kappa shape index (κ3) is 9.45. The van der Waals surface area contributed by atoms with Crippen LogP contribution < -0.4 is 20.1 Å². The van der Waals surface area contributed by atoms with Gasteiger partial charge in [0.15, 0.2) is 6.61 Å². The Morgan fingerprint density at radius 2 is 1.59 bits per heavy atom. The van der Waals surface area contributed by atoms with Crippen molar-refractivity contribution in [1.82, 2.24) is 15.5 Å². The third-order valence-electron chi connectivity index (χ3n) is 4.84. The Hall–Kier alpha value is -2.97. The Labute approximate surface area is 189 Å². The number of hydrogen-bond acceptors (Lipinski definition) is 6. The van der Waals surface area contributed by atoms with E-state index < -0.39 is 11.7 Å². The van der Waals surface area contributed by atoms with Gasteiger partial charge in [0.25, 0.3) is 5.91 Å². The van der Waals surface area contributed by atoms with E-state index in [1.54, 1.807) is 37.8 Å². The van der Waals surface area contributed by atoms with Crippen molar-refractivity contribution in [2.45, 2.75) is 46.1 Å². The maximum absolute atomic E-state index is 12.4. The molecular formula is C23H35N3O6. The lowest BCUT2D eigenvalue weighted by molar-refractivity contribution is -0.135. The van der Waals surface area contributed by atoms with Crippen molar-refractivity contribution >= 4 is 17.9 Å². The number of carbonyl (C=O) groups is 3. The molecule has 9 nitrogen and oxygen atoms in total. The Balaban J connectivity index is 1.61. The van der Waals surface area contributed by atoms with Crippen LogP contribution in [0.2, 0.25) is 0 Å². The zero-order chi connectivity index (χ0) is 23.6. The number of carbonyl (C=O) groups excluding carboxylic acids is 3. The van der Waals surface area contributed by atoms with Crippen molar-refractivity contribution < 1.29 is 28.6 Å². The van der Waals surface area contributed by atoms with Crippen molar-refractivity contribution in [2.75, 3.05) is 39.4 Å². The third-order valence-corrected chi connectivity index (χ3v) is 4.84. The molecule has 32 heavy (non-hydrogen) atoms. The van der Waals surface area contributed by atoms with Crippen molar-refractivity contribution in [3.63, 3.8) is 0 Å². The zero-order valence-electron chi connectivity index (χ0n) is 19.4. The average molecular weight is 450 g/mol. The lowest BCUT2D eigenvalue weighted by Gasteiger charge is -2.32. The van der Waals surface area contributed by atoms with Gasteiger partial charge in [-0.3, -0.25) is 9.59 Å². The number of amides is 3. The monoisotopic (exact) mass is 449 g/mol. The van der Waals surface area contributed by atoms with E-state index in [2.05, 4.69) is 10.6 Å². The molecule has 9 heteroatoms. The lowest BCUT2D eigenvalue weighted by Crippen LogP contribution is -2.45. The minimum absolute atomic E-state index is 0.00822. The van der Waals surface area contributed by atoms with E-state index in [4.69, 9.17) is 14.2 Å². The molecule has 0 bridgehead atoms. The largest absolute Gasteiger partial charge is 0.494 e. The van der Waals surface area contributed by atoms with Crippen LogP contribution in [0.3, 0.4) is 0 Å². The molecule has 2 rings (SSSR count). The lowest BCUT2D eigenvalue weighted by atomic mass is 9.97. The van der Waals surface area contributed by atoms with E-state index in [-0.39, 0.29) is 30.9 Å². The molecule has 0 spiro atoms. The van der Waals surface area contributed by atoms with Gasteiger partial charge in [0.05, 0.1) is 13.2 Å². The summed E-state index contributed by atoms with van der Waals surface area (Å²) in [4.78, 5) is 37.7. The molecule has 0 unspecified atom stereocenters. The topological polar surface area (TPSA) is 106 Å². The molecule has 0 saturated carbocycles. The molecule has 0 aromatic heterocycles. The maximum atomic E-state index is 12.4. The predicted molar refractivity (Wildman–Crippen MR) is 120 cm³/mol. The van der Waals surface area contributed by atoms with E-state index in [0.717, 1.165) is 18.6 Å². The fraction of sp³-hybridized carbons (Fsp3) is 0.609. The fourth-order valence-electron chi connectivity index (χ4n) is 3.21. The molecule has 2 N–H and O–H groups in total. The van der Waals surface area contributed by atoms with Crippen LogP contribution in [0.25, 0.3) is 0 Å². The number of likely N-dealkylation sites (tertiary alicyclic amines) is 1. The second-order valence-corrected chi connectivity index (χ2v) is 8.68. The molecule has 1 aliphatic heterocycles. The predicted octanol–water partition coefficient (Wildman–Crippen LogP) is 2.34. The number of nitrogens with zero attached hydrogens (tertiary/aromatic N) is 1. The summed E-state index contributed by atoms with van der Waals surface area (Å²) in [7, 11) is 0. The van der Waals surface area contributed by atoms with Crippen LogP contribution in [0, 0.1) is 5.92 Å². The number of hydrogen-bond donors (Lipinski definition) is 2. The van der Waals surface area contributed by atoms with Crippen LogP contribution in [-0.4, -0.2) is 67.8 Å². The molecule has 1 fully saturated rings. The van der Waals surface area contributed by atoms with Crippen LogP contribution in [0.1, 0.15) is 40.5 Å². The summed E-state index contributed by atoms with van der Waals surface area (Å²) in [5.41, 5.74) is -0.606. The fourth-order valence-corrected chi connectivity index (χ4v) is 3.21. The van der Waals surface area contributed by atoms with Gasteiger partial charge in [0.1, 0.15) is 17.1 Å². The normalized spacial score (nSPS) is 14.4. The van der Waals surface area contributed by atoms with Crippen LogP contribution in [-0.2, 0) is 14.3 Å². The first-order chi connectivity index (χ1) is 15.2. The minimum Gasteiger partial charge on any atom is -0.494 e. The molecule has 1 saturated heterocycles. The maximum Gasteiger partial charge on any atom is 0.408 e. The first-order valence-corrected chi connectivity index (χ1v) is 11.0. The smallest absolute Gasteiger partial charge is 0.408 e. The number of alkyl carbamates (subject to hydrolysis) is 1. The summed E-state index contributed by atoms with van der Waals surface area (Å²) in [5.74, 6) is 1.36. The van der Waals surface area contributed by atoms with E-state index >= 15 is 0 Å². The SMILES string of the molecule is CCOc1ccc(OCC(=O)N2CCC(CNC(=O)CNC(=O)OC(C)(C)C)CC2)cc1. The highest BCUT2D eigenvalue weighted by molar-refractivity contribution is 5.82. The standard InChI is InChI=1S/C23H35N3O6/c1-5-30-18-6-8-19(9-7-18)31-16-21(28)26-12-10-17(11-13-26)14-24-20(27)15-25-22(29)32-23(2,3)4/h6-9,17H,5,10-16H2,1-4H3,(H,24,27)(H,25,29). The molecule has 1 aliphatic rings. The summed E-state index contributed by atoms with van der Waals surface area (Å²) >= 11 is 0. The number of nitrogens with one attached hydrogen (secondary N) is 2. The van der Waals surface area contributed by atoms with Crippen LogP contribution in [0.5, 0.6) is 11.5 Å². The van der Waals surface area contributed by atoms with Gasteiger partial charge in [0, 0.05) is 19.6 Å². The van der Waals surface area contributed by atoms with Crippen LogP contribution in [0.4, 0.5) is 4.79 Å². The summed E-state index contributed by atoms with van der Waals surface area (Å²) in [6.07, 6.45) is 0.982. The van der Waals surface area contributed by atoms with Crippen molar-refractivity contribution in [3.05, 3.63) is 24.3 Å². The number of ether oxygens (including phenoxy) is 3. The Bertz CT molecular complexity index is 752. The minimum atomic E-state index is -0.619. The summed E-state index contributed by atoms with van der Waals surface area (Å²) in [5, 5.41) is 5.27. The van der Waals surface area contributed by atoms with Gasteiger partial charge in [-0.15, -0.1) is 0 Å². The molecule has 1 aromatic carbocycles. The molecule has 0 atom stereocenters. The highest BCUT2D eigenvalue weighted by Crippen LogP contribution is 2.19. The first kappa shape index (κ1) is 25.3. The Kier molecular flexibility index (Phi) is 9.61. The number of rotatable bonds is 9. The van der Waals surface area contributed by atoms with Crippen molar-refractivity contribution in [2.24, 2.45) is 5.92 Å². The molecule has 0 radical (unpaired) electrons. The number of benzene rings is 1. The van der Waals surface area contributed by atoms with E-state index in [9.17, 15) is 14.4 Å². The molecular weight excluding hydrogens is 414 g/mol. The van der Waals surface area contributed by atoms with Crippen molar-refractivity contribution in [1.29, 1.82) is 0 Å². The van der Waals surface area contributed by atoms with Gasteiger partial charge in [0.2, 0.25) is 5.91 Å². The quantitative estimate of drug-likeness (QED) is 0.599. The highest BCUT2D eigenvalue weighted by atomic mass is 16.6. The Morgan fingerprint density at radius 1 is 1.00 bits per heavy atom.